The van der Waals surface area contributed by atoms with Crippen molar-refractivity contribution in [1.82, 2.24) is 15.5 Å². The van der Waals surface area contributed by atoms with E-state index in [2.05, 4.69) is 10.6 Å². The van der Waals surface area contributed by atoms with Gasteiger partial charge >= 0.3 is 0 Å². The Morgan fingerprint density at radius 1 is 1.41 bits per heavy atom. The van der Waals surface area contributed by atoms with Crippen molar-refractivity contribution >= 4 is 17.7 Å². The number of likely N-dealkylation sites (tertiary alicyclic amines) is 1. The molecule has 2 heterocycles. The minimum Gasteiger partial charge on any atom is -0.497 e. The van der Waals surface area contributed by atoms with Gasteiger partial charge in [0.1, 0.15) is 11.8 Å². The molecule has 0 saturated carbocycles. The minimum absolute atomic E-state index is 0.0607. The molecule has 3 rings (SSSR count). The van der Waals surface area contributed by atoms with E-state index >= 15 is 0 Å². The molecular formula is C20H27N3O4. The highest BCUT2D eigenvalue weighted by Crippen LogP contribution is 2.40. The summed E-state index contributed by atoms with van der Waals surface area (Å²) in [5.74, 6) is 0.382. The van der Waals surface area contributed by atoms with Crippen LogP contribution in [0.1, 0.15) is 32.3 Å². The van der Waals surface area contributed by atoms with Gasteiger partial charge in [0.25, 0.3) is 0 Å². The number of benzene rings is 1. The molecule has 1 aromatic carbocycles. The van der Waals surface area contributed by atoms with Crippen molar-refractivity contribution in [1.29, 1.82) is 0 Å². The molecule has 0 aliphatic carbocycles. The molecular weight excluding hydrogens is 346 g/mol. The lowest BCUT2D eigenvalue weighted by Crippen LogP contribution is -2.41. The van der Waals surface area contributed by atoms with Gasteiger partial charge in [0.15, 0.2) is 0 Å². The lowest BCUT2D eigenvalue weighted by molar-refractivity contribution is -0.134. The Morgan fingerprint density at radius 3 is 2.89 bits per heavy atom. The molecule has 3 amide bonds. The van der Waals surface area contributed by atoms with E-state index in [9.17, 15) is 14.4 Å². The normalized spacial score (nSPS) is 24.4. The van der Waals surface area contributed by atoms with Crippen LogP contribution in [0.15, 0.2) is 24.3 Å². The number of nitrogens with zero attached hydrogens (tertiary/aromatic N) is 1. The SMILES string of the molecule is COc1cccc(CNC(=O)[C@@H]2C[C@@]3(CCN(C(=O)C(C)C)C3)C(=O)N2)c1. The molecule has 2 fully saturated rings. The number of hydrogen-bond acceptors (Lipinski definition) is 4. The van der Waals surface area contributed by atoms with Crippen LogP contribution in [0.25, 0.3) is 0 Å². The average molecular weight is 373 g/mol. The molecule has 0 bridgehead atoms. The van der Waals surface area contributed by atoms with Crippen LogP contribution in [0.4, 0.5) is 0 Å². The Labute approximate surface area is 159 Å². The zero-order valence-corrected chi connectivity index (χ0v) is 16.1. The van der Waals surface area contributed by atoms with Crippen LogP contribution < -0.4 is 15.4 Å². The van der Waals surface area contributed by atoms with E-state index in [1.807, 2.05) is 38.1 Å². The van der Waals surface area contributed by atoms with Gasteiger partial charge in [-0.1, -0.05) is 26.0 Å². The number of hydrogen-bond donors (Lipinski definition) is 2. The first kappa shape index (κ1) is 19.2. The van der Waals surface area contributed by atoms with Gasteiger partial charge in [-0.2, -0.15) is 0 Å². The molecule has 7 heteroatoms. The van der Waals surface area contributed by atoms with Gasteiger partial charge in [0, 0.05) is 25.6 Å². The molecule has 0 radical (unpaired) electrons. The van der Waals surface area contributed by atoms with Crippen LogP contribution in [0.2, 0.25) is 0 Å². The summed E-state index contributed by atoms with van der Waals surface area (Å²) in [6, 6.07) is 6.92. The summed E-state index contributed by atoms with van der Waals surface area (Å²) < 4.78 is 5.18. The van der Waals surface area contributed by atoms with Gasteiger partial charge in [-0.3, -0.25) is 14.4 Å². The van der Waals surface area contributed by atoms with Crippen LogP contribution >= 0.6 is 0 Å². The van der Waals surface area contributed by atoms with Crippen LogP contribution in [0, 0.1) is 11.3 Å². The zero-order valence-electron chi connectivity index (χ0n) is 16.1. The molecule has 2 N–H and O–H groups in total. The van der Waals surface area contributed by atoms with Crippen LogP contribution in [0.5, 0.6) is 5.75 Å². The van der Waals surface area contributed by atoms with E-state index in [0.29, 0.717) is 32.5 Å². The molecule has 2 atom stereocenters. The molecule has 27 heavy (non-hydrogen) atoms. The average Bonchev–Trinajstić information content (AvgIpc) is 3.23. The first-order valence-corrected chi connectivity index (χ1v) is 9.35. The van der Waals surface area contributed by atoms with Crippen molar-refractivity contribution in [2.24, 2.45) is 11.3 Å². The Kier molecular flexibility index (Phi) is 5.39. The summed E-state index contributed by atoms with van der Waals surface area (Å²) in [6.45, 7) is 5.05. The van der Waals surface area contributed by atoms with Crippen molar-refractivity contribution in [3.05, 3.63) is 29.8 Å². The van der Waals surface area contributed by atoms with E-state index in [0.717, 1.165) is 11.3 Å². The zero-order chi connectivity index (χ0) is 19.6. The third-order valence-corrected chi connectivity index (χ3v) is 5.46. The lowest BCUT2D eigenvalue weighted by atomic mass is 9.84. The molecule has 2 aliphatic rings. The van der Waals surface area contributed by atoms with E-state index in [4.69, 9.17) is 4.74 Å². The monoisotopic (exact) mass is 373 g/mol. The van der Waals surface area contributed by atoms with Gasteiger partial charge in [0.05, 0.1) is 12.5 Å². The Hall–Kier alpha value is -2.57. The van der Waals surface area contributed by atoms with Gasteiger partial charge in [-0.05, 0) is 30.5 Å². The number of amides is 3. The van der Waals surface area contributed by atoms with E-state index in [1.54, 1.807) is 12.0 Å². The number of nitrogens with one attached hydrogen (secondary N) is 2. The number of ether oxygens (including phenoxy) is 1. The van der Waals surface area contributed by atoms with Gasteiger partial charge in [-0.25, -0.2) is 0 Å². The second-order valence-corrected chi connectivity index (χ2v) is 7.74. The standard InChI is InChI=1S/C20H27N3O4/c1-13(2)18(25)23-8-7-20(12-23)10-16(22-19(20)26)17(24)21-11-14-5-4-6-15(9-14)27-3/h4-6,9,13,16H,7-8,10-12H2,1-3H3,(H,21,24)(H,22,26)/t16-,20+/m0/s1. The van der Waals surface area contributed by atoms with Crippen LogP contribution in [0.3, 0.4) is 0 Å². The van der Waals surface area contributed by atoms with Gasteiger partial charge in [-0.15, -0.1) is 0 Å². The molecule has 2 aliphatic heterocycles. The van der Waals surface area contributed by atoms with Gasteiger partial charge in [0.2, 0.25) is 17.7 Å². The number of rotatable bonds is 5. The third-order valence-electron chi connectivity index (χ3n) is 5.46. The quantitative estimate of drug-likeness (QED) is 0.808. The van der Waals surface area contributed by atoms with Crippen molar-refractivity contribution < 1.29 is 19.1 Å². The van der Waals surface area contributed by atoms with E-state index < -0.39 is 11.5 Å². The molecule has 0 unspecified atom stereocenters. The highest BCUT2D eigenvalue weighted by Gasteiger charge is 2.53. The predicted molar refractivity (Wildman–Crippen MR) is 99.9 cm³/mol. The highest BCUT2D eigenvalue weighted by atomic mass is 16.5. The molecule has 1 aromatic rings. The largest absolute Gasteiger partial charge is 0.497 e. The molecule has 146 valence electrons. The maximum absolute atomic E-state index is 12.6. The fourth-order valence-electron chi connectivity index (χ4n) is 3.88. The first-order valence-electron chi connectivity index (χ1n) is 9.35. The Balaban J connectivity index is 1.58. The Bertz CT molecular complexity index is 748. The molecule has 7 nitrogen and oxygen atoms in total. The number of carbonyl (C=O) groups is 3. The van der Waals surface area contributed by atoms with Gasteiger partial charge < -0.3 is 20.3 Å². The number of methoxy groups -OCH3 is 1. The summed E-state index contributed by atoms with van der Waals surface area (Å²) >= 11 is 0. The minimum atomic E-state index is -0.636. The molecule has 0 aromatic heterocycles. The van der Waals surface area contributed by atoms with E-state index in [1.165, 1.54) is 0 Å². The molecule has 2 saturated heterocycles. The fourth-order valence-corrected chi connectivity index (χ4v) is 3.88. The second kappa shape index (κ2) is 7.58. The van der Waals surface area contributed by atoms with Crippen molar-refractivity contribution in [3.8, 4) is 5.75 Å². The fraction of sp³-hybridized carbons (Fsp3) is 0.550. The van der Waals surface area contributed by atoms with Crippen LogP contribution in [-0.2, 0) is 20.9 Å². The molecule has 1 spiro atoms. The summed E-state index contributed by atoms with van der Waals surface area (Å²) in [4.78, 5) is 39.1. The predicted octanol–water partition coefficient (Wildman–Crippen LogP) is 1.07. The van der Waals surface area contributed by atoms with E-state index in [-0.39, 0.29) is 23.6 Å². The lowest BCUT2D eigenvalue weighted by Gasteiger charge is -2.22. The summed E-state index contributed by atoms with van der Waals surface area (Å²) in [7, 11) is 1.60. The maximum atomic E-state index is 12.6. The van der Waals surface area contributed by atoms with Crippen molar-refractivity contribution in [2.75, 3.05) is 20.2 Å². The second-order valence-electron chi connectivity index (χ2n) is 7.74. The van der Waals surface area contributed by atoms with Crippen molar-refractivity contribution in [2.45, 2.75) is 39.3 Å². The first-order chi connectivity index (χ1) is 12.8. The van der Waals surface area contributed by atoms with Crippen molar-refractivity contribution in [3.63, 3.8) is 0 Å². The summed E-state index contributed by atoms with van der Waals surface area (Å²) in [5.41, 5.74) is 0.291. The summed E-state index contributed by atoms with van der Waals surface area (Å²) in [6.07, 6.45) is 1.04. The topological polar surface area (TPSA) is 87.7 Å². The summed E-state index contributed by atoms with van der Waals surface area (Å²) in [5, 5.41) is 5.70. The van der Waals surface area contributed by atoms with Crippen LogP contribution in [-0.4, -0.2) is 48.9 Å². The third kappa shape index (κ3) is 3.91. The smallest absolute Gasteiger partial charge is 0.242 e. The highest BCUT2D eigenvalue weighted by molar-refractivity contribution is 5.95. The Morgan fingerprint density at radius 2 is 2.19 bits per heavy atom. The number of carbonyl (C=O) groups excluding carboxylic acids is 3. The maximum Gasteiger partial charge on any atom is 0.242 e.